The number of H-pyrrole nitrogens is 1. The van der Waals surface area contributed by atoms with Crippen LogP contribution < -0.4 is 5.56 Å². The minimum atomic E-state index is -4.47. The Morgan fingerprint density at radius 1 is 1.39 bits per heavy atom. The predicted octanol–water partition coefficient (Wildman–Crippen LogP) is 1.55. The summed E-state index contributed by atoms with van der Waals surface area (Å²) in [6.07, 6.45) is -0.826. The lowest BCUT2D eigenvalue weighted by Crippen LogP contribution is -2.42. The van der Waals surface area contributed by atoms with E-state index in [0.717, 1.165) is 18.2 Å². The Bertz CT molecular complexity index is 541. The van der Waals surface area contributed by atoms with Gasteiger partial charge in [0.25, 0.3) is 0 Å². The summed E-state index contributed by atoms with van der Waals surface area (Å²) in [5.74, 6) is 2.25. The summed E-state index contributed by atoms with van der Waals surface area (Å²) < 4.78 is 40.4. The molecule has 0 saturated carbocycles. The topological polar surface area (TPSA) is 82.5 Å². The molecule has 2 rings (SSSR count). The van der Waals surface area contributed by atoms with Crippen LogP contribution in [-0.2, 0) is 10.9 Å². The second kappa shape index (κ2) is 10.0. The van der Waals surface area contributed by atoms with Gasteiger partial charge in [0.1, 0.15) is 11.8 Å². The summed E-state index contributed by atoms with van der Waals surface area (Å²) in [5, 5.41) is 18.1. The number of nitrogens with one attached hydrogen (secondary N) is 1. The van der Waals surface area contributed by atoms with Gasteiger partial charge in [-0.05, 0) is 26.3 Å². The fourth-order valence-electron chi connectivity index (χ4n) is 1.57. The second-order valence-corrected chi connectivity index (χ2v) is 4.64. The normalized spacial score (nSPS) is 23.5. The molecule has 3 N–H and O–H groups in total. The largest absolute Gasteiger partial charge is 0.431 e. The highest BCUT2D eigenvalue weighted by atomic mass is 19.4. The number of aromatic nitrogens is 1. The standard InChI is InChI=1S/C6H4F3NO.C6H12O3.C3H4/c7-6(8,9)4-2-1-3-5(11)10-4;1-4-6(8)5(7)2-3-9-4;1-3-2/h1-3H,(H,10,11);4-8H,2-3H2,1H3;1H,2H3. The Balaban J connectivity index is 0.000000365. The van der Waals surface area contributed by atoms with E-state index in [4.69, 9.17) is 14.9 Å². The molecule has 3 unspecified atom stereocenters. The number of pyridine rings is 1. The third-order valence-electron chi connectivity index (χ3n) is 2.74. The van der Waals surface area contributed by atoms with Crippen molar-refractivity contribution >= 4 is 0 Å². The van der Waals surface area contributed by atoms with Gasteiger partial charge in [-0.3, -0.25) is 4.79 Å². The molecule has 23 heavy (non-hydrogen) atoms. The Labute approximate surface area is 132 Å². The first kappa shape index (κ1) is 21.2. The minimum absolute atomic E-state index is 0.214. The van der Waals surface area contributed by atoms with Crippen LogP contribution in [0.1, 0.15) is 26.0 Å². The maximum absolute atomic E-state index is 11.8. The molecule has 1 aliphatic rings. The van der Waals surface area contributed by atoms with Crippen molar-refractivity contribution < 1.29 is 28.1 Å². The fourth-order valence-corrected chi connectivity index (χ4v) is 1.57. The van der Waals surface area contributed by atoms with Crippen LogP contribution in [0.2, 0.25) is 0 Å². The third kappa shape index (κ3) is 8.40. The van der Waals surface area contributed by atoms with Crippen molar-refractivity contribution in [1.82, 2.24) is 4.98 Å². The number of terminal acetylenes is 1. The van der Waals surface area contributed by atoms with Crippen LogP contribution in [0.25, 0.3) is 0 Å². The Kier molecular flexibility index (Phi) is 9.25. The molecule has 0 spiro atoms. The highest BCUT2D eigenvalue weighted by Gasteiger charge is 2.31. The molecule has 2 heterocycles. The van der Waals surface area contributed by atoms with E-state index in [9.17, 15) is 18.0 Å². The molecule has 3 atom stereocenters. The van der Waals surface area contributed by atoms with E-state index in [2.05, 4.69) is 12.3 Å². The Morgan fingerprint density at radius 3 is 2.30 bits per heavy atom. The number of aliphatic hydroxyl groups is 2. The van der Waals surface area contributed by atoms with Crippen molar-refractivity contribution in [3.05, 3.63) is 34.2 Å². The molecule has 0 aromatic carbocycles. The van der Waals surface area contributed by atoms with Gasteiger partial charge in [0.2, 0.25) is 5.56 Å². The lowest BCUT2D eigenvalue weighted by Gasteiger charge is -2.29. The molecule has 1 aromatic heterocycles. The van der Waals surface area contributed by atoms with Gasteiger partial charge in [-0.25, -0.2) is 0 Å². The zero-order valence-electron chi connectivity index (χ0n) is 12.8. The number of ether oxygens (including phenoxy) is 1. The molecular formula is C15H20F3NO4. The van der Waals surface area contributed by atoms with E-state index in [1.807, 2.05) is 0 Å². The maximum Gasteiger partial charge on any atom is 0.431 e. The summed E-state index contributed by atoms with van der Waals surface area (Å²) in [4.78, 5) is 12.0. The van der Waals surface area contributed by atoms with Crippen molar-refractivity contribution in [2.24, 2.45) is 0 Å². The summed E-state index contributed by atoms with van der Waals surface area (Å²) in [5.41, 5.74) is -1.77. The molecule has 1 saturated heterocycles. The van der Waals surface area contributed by atoms with E-state index in [0.29, 0.717) is 13.0 Å². The van der Waals surface area contributed by atoms with Gasteiger partial charge in [0.05, 0.1) is 12.2 Å². The number of alkyl halides is 3. The van der Waals surface area contributed by atoms with E-state index in [1.165, 1.54) is 0 Å². The van der Waals surface area contributed by atoms with Gasteiger partial charge in [-0.15, -0.1) is 12.3 Å². The Morgan fingerprint density at radius 2 is 1.96 bits per heavy atom. The van der Waals surface area contributed by atoms with Crippen molar-refractivity contribution in [1.29, 1.82) is 0 Å². The lowest BCUT2D eigenvalue weighted by atomic mass is 10.0. The number of halogens is 3. The van der Waals surface area contributed by atoms with Crippen molar-refractivity contribution in [3.63, 3.8) is 0 Å². The average Bonchev–Trinajstić information content (AvgIpc) is 2.45. The molecule has 130 valence electrons. The number of hydrogen-bond donors (Lipinski definition) is 3. The predicted molar refractivity (Wildman–Crippen MR) is 78.6 cm³/mol. The smallest absolute Gasteiger partial charge is 0.390 e. The molecule has 1 aromatic rings. The highest BCUT2D eigenvalue weighted by Crippen LogP contribution is 2.25. The average molecular weight is 335 g/mol. The number of hydrogen-bond acceptors (Lipinski definition) is 4. The monoisotopic (exact) mass is 335 g/mol. The van der Waals surface area contributed by atoms with Crippen LogP contribution in [0.15, 0.2) is 23.0 Å². The van der Waals surface area contributed by atoms with Gasteiger partial charge < -0.3 is 19.9 Å². The van der Waals surface area contributed by atoms with Crippen LogP contribution in [-0.4, -0.2) is 40.1 Å². The first-order valence-corrected chi connectivity index (χ1v) is 6.75. The SMILES string of the molecule is C#CC.CC1OCCC(O)C1O.O=c1cccc(C(F)(F)F)[nH]1. The molecule has 8 heteroatoms. The van der Waals surface area contributed by atoms with Gasteiger partial charge in [0.15, 0.2) is 0 Å². The molecule has 1 aliphatic heterocycles. The van der Waals surface area contributed by atoms with Crippen LogP contribution in [0.5, 0.6) is 0 Å². The fraction of sp³-hybridized carbons (Fsp3) is 0.533. The van der Waals surface area contributed by atoms with Gasteiger partial charge >= 0.3 is 6.18 Å². The second-order valence-electron chi connectivity index (χ2n) is 4.64. The molecule has 0 radical (unpaired) electrons. The zero-order valence-corrected chi connectivity index (χ0v) is 12.8. The van der Waals surface area contributed by atoms with Gasteiger partial charge in [-0.1, -0.05) is 6.07 Å². The highest BCUT2D eigenvalue weighted by molar-refractivity contribution is 5.06. The number of aliphatic hydroxyl groups excluding tert-OH is 2. The first-order valence-electron chi connectivity index (χ1n) is 6.75. The van der Waals surface area contributed by atoms with Crippen molar-refractivity contribution in [2.45, 2.75) is 44.8 Å². The summed E-state index contributed by atoms with van der Waals surface area (Å²) in [6.45, 7) is 3.96. The van der Waals surface area contributed by atoms with Crippen molar-refractivity contribution in [2.75, 3.05) is 6.61 Å². The summed E-state index contributed by atoms with van der Waals surface area (Å²) in [7, 11) is 0. The molecule has 0 aliphatic carbocycles. The molecule has 0 bridgehead atoms. The van der Waals surface area contributed by atoms with Crippen LogP contribution in [0, 0.1) is 12.3 Å². The summed E-state index contributed by atoms with van der Waals surface area (Å²) >= 11 is 0. The zero-order chi connectivity index (χ0) is 18.0. The van der Waals surface area contributed by atoms with Crippen molar-refractivity contribution in [3.8, 4) is 12.3 Å². The third-order valence-corrected chi connectivity index (χ3v) is 2.74. The minimum Gasteiger partial charge on any atom is -0.390 e. The van der Waals surface area contributed by atoms with Gasteiger partial charge in [0, 0.05) is 12.7 Å². The quantitative estimate of drug-likeness (QED) is 0.628. The number of rotatable bonds is 0. The molecule has 1 fully saturated rings. The molecule has 5 nitrogen and oxygen atoms in total. The summed E-state index contributed by atoms with van der Waals surface area (Å²) in [6, 6.07) is 2.89. The number of aromatic amines is 1. The van der Waals surface area contributed by atoms with Crippen LogP contribution >= 0.6 is 0 Å². The molecule has 0 amide bonds. The van der Waals surface area contributed by atoms with Crippen LogP contribution in [0.3, 0.4) is 0 Å². The maximum atomic E-state index is 11.8. The van der Waals surface area contributed by atoms with E-state index >= 15 is 0 Å². The van der Waals surface area contributed by atoms with E-state index in [-0.39, 0.29) is 6.10 Å². The van der Waals surface area contributed by atoms with E-state index < -0.39 is 29.6 Å². The van der Waals surface area contributed by atoms with Crippen LogP contribution in [0.4, 0.5) is 13.2 Å². The first-order chi connectivity index (χ1) is 10.6. The van der Waals surface area contributed by atoms with Gasteiger partial charge in [-0.2, -0.15) is 13.2 Å². The lowest BCUT2D eigenvalue weighted by molar-refractivity contribution is -0.141. The Hall–Kier alpha value is -1.82. The van der Waals surface area contributed by atoms with E-state index in [1.54, 1.807) is 18.8 Å². The molecular weight excluding hydrogens is 315 g/mol.